The summed E-state index contributed by atoms with van der Waals surface area (Å²) in [5.41, 5.74) is -0.414. The number of aliphatic hydroxyl groups is 1. The van der Waals surface area contributed by atoms with Crippen LogP contribution in [-0.2, 0) is 16.1 Å². The molecule has 3 atom stereocenters. The Bertz CT molecular complexity index is 786. The van der Waals surface area contributed by atoms with Crippen LogP contribution in [-0.4, -0.2) is 58.4 Å². The number of alkyl carbamates (subject to hydrolysis) is 1. The Hall–Kier alpha value is -2.12. The number of nitrogens with zero attached hydrogens (tertiary/aromatic N) is 1. The van der Waals surface area contributed by atoms with E-state index in [1.165, 1.54) is 5.56 Å². The van der Waals surface area contributed by atoms with Crippen molar-refractivity contribution in [3.63, 3.8) is 0 Å². The maximum absolute atomic E-state index is 13.6. The summed E-state index contributed by atoms with van der Waals surface area (Å²) in [4.78, 5) is 28.4. The van der Waals surface area contributed by atoms with Crippen LogP contribution in [0.15, 0.2) is 30.3 Å². The van der Waals surface area contributed by atoms with E-state index in [-0.39, 0.29) is 17.9 Å². The molecule has 1 heterocycles. The monoisotopic (exact) mass is 459 g/mol. The van der Waals surface area contributed by atoms with Crippen LogP contribution in [0.4, 0.5) is 4.79 Å². The zero-order chi connectivity index (χ0) is 24.1. The average Bonchev–Trinajstić information content (AvgIpc) is 2.87. The minimum Gasteiger partial charge on any atom is -0.444 e. The number of likely N-dealkylation sites (tertiary alicyclic amines) is 1. The quantitative estimate of drug-likeness (QED) is 0.626. The zero-order valence-corrected chi connectivity index (χ0v) is 20.6. The number of amides is 2. The van der Waals surface area contributed by atoms with Crippen molar-refractivity contribution < 1.29 is 19.4 Å². The Labute approximate surface area is 198 Å². The van der Waals surface area contributed by atoms with Gasteiger partial charge < -0.3 is 20.5 Å². The first-order valence-electron chi connectivity index (χ1n) is 12.3. The molecule has 1 saturated heterocycles. The van der Waals surface area contributed by atoms with Gasteiger partial charge in [-0.3, -0.25) is 9.69 Å². The maximum Gasteiger partial charge on any atom is 0.408 e. The smallest absolute Gasteiger partial charge is 0.408 e. The summed E-state index contributed by atoms with van der Waals surface area (Å²) in [7, 11) is 0. The summed E-state index contributed by atoms with van der Waals surface area (Å²) in [6.07, 6.45) is 3.57. The third-order valence-corrected chi connectivity index (χ3v) is 6.80. The van der Waals surface area contributed by atoms with Gasteiger partial charge in [0.2, 0.25) is 5.91 Å². The summed E-state index contributed by atoms with van der Waals surface area (Å²) in [5.74, 6) is -0.0904. The maximum atomic E-state index is 13.6. The fourth-order valence-corrected chi connectivity index (χ4v) is 4.99. The highest BCUT2D eigenvalue weighted by atomic mass is 16.6. The lowest BCUT2D eigenvalue weighted by atomic mass is 9.80. The van der Waals surface area contributed by atoms with E-state index in [9.17, 15) is 14.7 Å². The van der Waals surface area contributed by atoms with Crippen molar-refractivity contribution in [1.29, 1.82) is 0 Å². The molecule has 0 bridgehead atoms. The predicted octanol–water partition coefficient (Wildman–Crippen LogP) is 3.60. The Balaban J connectivity index is 1.68. The van der Waals surface area contributed by atoms with Gasteiger partial charge in [-0.15, -0.1) is 0 Å². The van der Waals surface area contributed by atoms with Crippen LogP contribution in [0.3, 0.4) is 0 Å². The Morgan fingerprint density at radius 2 is 1.82 bits per heavy atom. The SMILES string of the molecule is CC1CCN(Cc2ccccc2)CC(O)C1NC(=O)C1(NC(=O)OC(C)(C)C)CCCCC1. The third kappa shape index (κ3) is 7.18. The number of carbonyl (C=O) groups excluding carboxylic acids is 2. The van der Waals surface area contributed by atoms with Gasteiger partial charge in [0.25, 0.3) is 0 Å². The molecule has 2 fully saturated rings. The Morgan fingerprint density at radius 3 is 2.45 bits per heavy atom. The van der Waals surface area contributed by atoms with Crippen molar-refractivity contribution in [2.45, 2.75) is 96.1 Å². The number of rotatable bonds is 5. The molecule has 3 unspecified atom stereocenters. The van der Waals surface area contributed by atoms with Gasteiger partial charge in [0.05, 0.1) is 12.1 Å². The largest absolute Gasteiger partial charge is 0.444 e. The number of ether oxygens (including phenoxy) is 1. The van der Waals surface area contributed by atoms with E-state index in [2.05, 4.69) is 34.6 Å². The van der Waals surface area contributed by atoms with Gasteiger partial charge in [0.15, 0.2) is 0 Å². The van der Waals surface area contributed by atoms with Crippen molar-refractivity contribution in [2.75, 3.05) is 13.1 Å². The second-order valence-corrected chi connectivity index (χ2v) is 10.8. The summed E-state index contributed by atoms with van der Waals surface area (Å²) < 4.78 is 5.45. The number of hydrogen-bond acceptors (Lipinski definition) is 5. The molecule has 1 aliphatic heterocycles. The van der Waals surface area contributed by atoms with Gasteiger partial charge >= 0.3 is 6.09 Å². The number of carbonyl (C=O) groups is 2. The molecule has 1 aromatic rings. The first kappa shape index (κ1) is 25.5. The minimum atomic E-state index is -0.990. The lowest BCUT2D eigenvalue weighted by Crippen LogP contribution is -2.63. The molecule has 184 valence electrons. The predicted molar refractivity (Wildman–Crippen MR) is 129 cm³/mol. The van der Waals surface area contributed by atoms with E-state index in [4.69, 9.17) is 4.74 Å². The van der Waals surface area contributed by atoms with Gasteiger partial charge in [0.1, 0.15) is 11.1 Å². The number of aliphatic hydroxyl groups excluding tert-OH is 1. The summed E-state index contributed by atoms with van der Waals surface area (Å²) >= 11 is 0. The normalized spacial score (nSPS) is 26.2. The molecule has 7 nitrogen and oxygen atoms in total. The number of β-amino-alcohol motifs (C(OH)–C–C–N with tert-alkyl or cyclic N) is 1. The van der Waals surface area contributed by atoms with E-state index in [0.29, 0.717) is 19.4 Å². The van der Waals surface area contributed by atoms with Crippen molar-refractivity contribution in [2.24, 2.45) is 5.92 Å². The number of benzene rings is 1. The van der Waals surface area contributed by atoms with Gasteiger partial charge in [-0.05, 0) is 58.1 Å². The summed E-state index contributed by atoms with van der Waals surface area (Å²) in [5, 5.41) is 17.1. The first-order chi connectivity index (χ1) is 15.6. The van der Waals surface area contributed by atoms with Crippen LogP contribution in [0.5, 0.6) is 0 Å². The molecule has 0 spiro atoms. The van der Waals surface area contributed by atoms with Crippen LogP contribution >= 0.6 is 0 Å². The topological polar surface area (TPSA) is 90.9 Å². The summed E-state index contributed by atoms with van der Waals surface area (Å²) in [6.45, 7) is 9.64. The van der Waals surface area contributed by atoms with Crippen molar-refractivity contribution in [3.8, 4) is 0 Å². The average molecular weight is 460 g/mol. The van der Waals surface area contributed by atoms with Gasteiger partial charge in [-0.25, -0.2) is 4.79 Å². The van der Waals surface area contributed by atoms with Crippen molar-refractivity contribution >= 4 is 12.0 Å². The minimum absolute atomic E-state index is 0.117. The molecule has 1 aromatic carbocycles. The molecule has 33 heavy (non-hydrogen) atoms. The van der Waals surface area contributed by atoms with Gasteiger partial charge in [-0.1, -0.05) is 56.5 Å². The van der Waals surface area contributed by atoms with E-state index in [1.807, 2.05) is 39.0 Å². The number of nitrogens with one attached hydrogen (secondary N) is 2. The Kier molecular flexibility index (Phi) is 8.40. The fourth-order valence-electron chi connectivity index (χ4n) is 4.99. The van der Waals surface area contributed by atoms with Crippen LogP contribution in [0.25, 0.3) is 0 Å². The highest BCUT2D eigenvalue weighted by Crippen LogP contribution is 2.30. The fraction of sp³-hybridized carbons (Fsp3) is 0.692. The van der Waals surface area contributed by atoms with E-state index in [1.54, 1.807) is 0 Å². The van der Waals surface area contributed by atoms with Gasteiger partial charge in [-0.2, -0.15) is 0 Å². The highest BCUT2D eigenvalue weighted by molar-refractivity contribution is 5.90. The van der Waals surface area contributed by atoms with Crippen molar-refractivity contribution in [3.05, 3.63) is 35.9 Å². The molecule has 7 heteroatoms. The molecule has 1 saturated carbocycles. The zero-order valence-electron chi connectivity index (χ0n) is 20.6. The molecule has 3 N–H and O–H groups in total. The molecule has 2 aliphatic rings. The van der Waals surface area contributed by atoms with Crippen LogP contribution in [0, 0.1) is 5.92 Å². The second kappa shape index (κ2) is 10.9. The second-order valence-electron chi connectivity index (χ2n) is 10.8. The summed E-state index contributed by atoms with van der Waals surface area (Å²) in [6, 6.07) is 9.87. The Morgan fingerprint density at radius 1 is 1.15 bits per heavy atom. The standard InChI is InChI=1S/C26H41N3O4/c1-19-13-16-29(17-20-11-7-5-8-12-20)18-21(30)22(19)27-23(31)26(14-9-6-10-15-26)28-24(32)33-25(2,3)4/h5,7-8,11-12,19,21-22,30H,6,9-10,13-18H2,1-4H3,(H,27,31)(H,28,32). The van der Waals surface area contributed by atoms with E-state index in [0.717, 1.165) is 38.8 Å². The van der Waals surface area contributed by atoms with E-state index >= 15 is 0 Å². The highest BCUT2D eigenvalue weighted by Gasteiger charge is 2.44. The molecule has 2 amide bonds. The molecule has 1 aliphatic carbocycles. The molecular weight excluding hydrogens is 418 g/mol. The lowest BCUT2D eigenvalue weighted by Gasteiger charge is -2.39. The van der Waals surface area contributed by atoms with Crippen molar-refractivity contribution in [1.82, 2.24) is 15.5 Å². The molecular formula is C26H41N3O4. The third-order valence-electron chi connectivity index (χ3n) is 6.80. The lowest BCUT2D eigenvalue weighted by molar-refractivity contribution is -0.131. The molecule has 3 rings (SSSR count). The number of hydrogen-bond donors (Lipinski definition) is 3. The van der Waals surface area contributed by atoms with Gasteiger partial charge in [0, 0.05) is 13.1 Å². The first-order valence-corrected chi connectivity index (χ1v) is 12.3. The van der Waals surface area contributed by atoms with Crippen LogP contribution < -0.4 is 10.6 Å². The van der Waals surface area contributed by atoms with Crippen LogP contribution in [0.1, 0.15) is 71.8 Å². The van der Waals surface area contributed by atoms with E-state index < -0.39 is 23.3 Å². The molecule has 0 radical (unpaired) electrons. The van der Waals surface area contributed by atoms with Crippen LogP contribution in [0.2, 0.25) is 0 Å². The molecule has 0 aromatic heterocycles.